The number of amides is 2. The first-order chi connectivity index (χ1) is 13.1. The van der Waals surface area contributed by atoms with Crippen molar-refractivity contribution in [1.29, 1.82) is 0 Å². The van der Waals surface area contributed by atoms with Crippen molar-refractivity contribution >= 4 is 29.1 Å². The fourth-order valence-corrected chi connectivity index (χ4v) is 2.06. The molecular weight excluding hydrogens is 348 g/mol. The van der Waals surface area contributed by atoms with Gasteiger partial charge in [-0.3, -0.25) is 36.3 Å². The monoisotopic (exact) mass is 364 g/mol. The van der Waals surface area contributed by atoms with Crippen LogP contribution in [0, 0.1) is 0 Å². The molecule has 0 bridgehead atoms. The molecule has 0 aliphatic rings. The molecule has 0 saturated heterocycles. The topological polar surface area (TPSA) is 147 Å². The van der Waals surface area contributed by atoms with Gasteiger partial charge >= 0.3 is 0 Å². The second-order valence-corrected chi connectivity index (χ2v) is 5.25. The number of nitrogens with one attached hydrogen (secondary N) is 4. The summed E-state index contributed by atoms with van der Waals surface area (Å²) < 4.78 is 0. The van der Waals surface area contributed by atoms with E-state index in [0.717, 1.165) is 0 Å². The lowest BCUT2D eigenvalue weighted by molar-refractivity contribution is 0.0954. The number of carbonyl (C=O) groups excluding carboxylic acids is 2. The van der Waals surface area contributed by atoms with E-state index in [4.69, 9.17) is 5.73 Å². The molecule has 0 atom stereocenters. The summed E-state index contributed by atoms with van der Waals surface area (Å²) in [5.41, 5.74) is 17.1. The largest absolute Gasteiger partial charge is 0.393 e. The van der Waals surface area contributed by atoms with Crippen LogP contribution in [0.2, 0.25) is 0 Å². The first kappa shape index (κ1) is 17.6. The quantitative estimate of drug-likeness (QED) is 0.407. The molecule has 3 aromatic rings. The Morgan fingerprint density at radius 2 is 1.41 bits per heavy atom. The number of pyridine rings is 1. The molecule has 136 valence electrons. The number of hydrazine groups is 2. The predicted octanol–water partition coefficient (Wildman–Crippen LogP) is 0.968. The summed E-state index contributed by atoms with van der Waals surface area (Å²) >= 11 is 0. The zero-order valence-corrected chi connectivity index (χ0v) is 14.0. The lowest BCUT2D eigenvalue weighted by Gasteiger charge is -2.13. The average molecular weight is 364 g/mol. The molecule has 27 heavy (non-hydrogen) atoms. The Morgan fingerprint density at radius 3 is 2.00 bits per heavy atom. The predicted molar refractivity (Wildman–Crippen MR) is 99.3 cm³/mol. The molecule has 0 unspecified atom stereocenters. The molecule has 0 radical (unpaired) electrons. The van der Waals surface area contributed by atoms with Gasteiger partial charge in [0, 0.05) is 18.0 Å². The van der Waals surface area contributed by atoms with Gasteiger partial charge in [0.25, 0.3) is 11.8 Å². The fraction of sp³-hybridized carbons (Fsp3) is 0. The summed E-state index contributed by atoms with van der Waals surface area (Å²) in [5, 5.41) is 0. The van der Waals surface area contributed by atoms with Crippen LogP contribution in [-0.2, 0) is 0 Å². The summed E-state index contributed by atoms with van der Waals surface area (Å²) in [6.45, 7) is 0. The van der Waals surface area contributed by atoms with Gasteiger partial charge in [0.15, 0.2) is 11.6 Å². The molecule has 0 spiro atoms. The molecule has 0 saturated carbocycles. The van der Waals surface area contributed by atoms with E-state index in [1.165, 1.54) is 12.5 Å². The number of nitrogen functional groups attached to an aromatic ring is 1. The minimum Gasteiger partial charge on any atom is -0.393 e. The molecule has 10 heteroatoms. The number of nitrogens with zero attached hydrogens (tertiary/aromatic N) is 3. The zero-order chi connectivity index (χ0) is 19.1. The van der Waals surface area contributed by atoms with Crippen molar-refractivity contribution in [2.24, 2.45) is 0 Å². The third-order valence-corrected chi connectivity index (χ3v) is 3.43. The number of carbonyl (C=O) groups is 2. The first-order valence-corrected chi connectivity index (χ1v) is 7.83. The minimum atomic E-state index is -0.409. The van der Waals surface area contributed by atoms with Gasteiger partial charge in [-0.05, 0) is 24.3 Å². The van der Waals surface area contributed by atoms with E-state index >= 15 is 0 Å². The second-order valence-electron chi connectivity index (χ2n) is 5.25. The van der Waals surface area contributed by atoms with Gasteiger partial charge in [0.05, 0.1) is 5.56 Å². The summed E-state index contributed by atoms with van der Waals surface area (Å²) in [6.07, 6.45) is 4.21. The highest BCUT2D eigenvalue weighted by atomic mass is 16.2. The van der Waals surface area contributed by atoms with Crippen molar-refractivity contribution in [3.63, 3.8) is 0 Å². The van der Waals surface area contributed by atoms with Crippen molar-refractivity contribution in [3.8, 4) is 0 Å². The van der Waals surface area contributed by atoms with E-state index in [1.54, 1.807) is 42.6 Å². The zero-order valence-electron chi connectivity index (χ0n) is 14.0. The van der Waals surface area contributed by atoms with Crippen LogP contribution >= 0.6 is 0 Å². The molecule has 1 aromatic carbocycles. The van der Waals surface area contributed by atoms with Crippen LogP contribution in [0.1, 0.15) is 20.7 Å². The Hall–Kier alpha value is -4.21. The highest BCUT2D eigenvalue weighted by molar-refractivity contribution is 5.96. The Kier molecular flexibility index (Phi) is 5.38. The Labute approximate surface area is 154 Å². The molecule has 6 N–H and O–H groups in total. The van der Waals surface area contributed by atoms with Crippen molar-refractivity contribution < 1.29 is 9.59 Å². The van der Waals surface area contributed by atoms with Crippen molar-refractivity contribution in [3.05, 3.63) is 72.3 Å². The van der Waals surface area contributed by atoms with Crippen molar-refractivity contribution in [2.45, 2.75) is 0 Å². The highest BCUT2D eigenvalue weighted by Gasteiger charge is 2.11. The lowest BCUT2D eigenvalue weighted by atomic mass is 10.2. The fourth-order valence-electron chi connectivity index (χ4n) is 2.06. The molecule has 0 fully saturated rings. The van der Waals surface area contributed by atoms with Gasteiger partial charge in [0.2, 0.25) is 0 Å². The molecular formula is C17H16N8O2. The molecule has 2 amide bonds. The van der Waals surface area contributed by atoms with Crippen LogP contribution in [0.15, 0.2) is 61.2 Å². The van der Waals surface area contributed by atoms with Gasteiger partial charge in [0.1, 0.15) is 12.0 Å². The highest BCUT2D eigenvalue weighted by Crippen LogP contribution is 2.21. The van der Waals surface area contributed by atoms with Gasteiger partial charge in [-0.1, -0.05) is 18.2 Å². The second kappa shape index (κ2) is 8.25. The number of nitrogens with two attached hydrogens (primary N) is 1. The van der Waals surface area contributed by atoms with Gasteiger partial charge in [-0.15, -0.1) is 0 Å². The summed E-state index contributed by atoms with van der Waals surface area (Å²) in [5.74, 6) is -0.424. The molecule has 0 aliphatic carbocycles. The summed E-state index contributed by atoms with van der Waals surface area (Å²) in [7, 11) is 0. The number of benzene rings is 1. The molecule has 3 rings (SSSR count). The first-order valence-electron chi connectivity index (χ1n) is 7.83. The Bertz CT molecular complexity index is 860. The molecule has 2 heterocycles. The van der Waals surface area contributed by atoms with Crippen LogP contribution in [0.4, 0.5) is 17.3 Å². The third kappa shape index (κ3) is 4.45. The maximum atomic E-state index is 12.0. The van der Waals surface area contributed by atoms with Crippen LogP contribution < -0.4 is 27.4 Å². The number of hydrogen-bond acceptors (Lipinski definition) is 8. The normalized spacial score (nSPS) is 9.93. The number of rotatable bonds is 6. The maximum absolute atomic E-state index is 12.0. The van der Waals surface area contributed by atoms with Gasteiger partial charge in [-0.25, -0.2) is 9.97 Å². The lowest BCUT2D eigenvalue weighted by Crippen LogP contribution is -2.32. The average Bonchev–Trinajstić information content (AvgIpc) is 2.73. The van der Waals surface area contributed by atoms with E-state index in [-0.39, 0.29) is 23.2 Å². The standard InChI is InChI=1S/C17H16N8O2/c18-13-14(22-24-16(26)11-5-2-1-3-6-11)20-10-21-15(13)23-25-17(27)12-7-4-8-19-9-12/h1-10H,18H2,(H,24,26)(H,25,27)(H2,20,21,22,23). The summed E-state index contributed by atoms with van der Waals surface area (Å²) in [6, 6.07) is 11.9. The van der Waals surface area contributed by atoms with Crippen LogP contribution in [-0.4, -0.2) is 26.8 Å². The van der Waals surface area contributed by atoms with Crippen LogP contribution in [0.5, 0.6) is 0 Å². The number of hydrogen-bond donors (Lipinski definition) is 5. The van der Waals surface area contributed by atoms with Gasteiger partial charge < -0.3 is 5.73 Å². The van der Waals surface area contributed by atoms with Gasteiger partial charge in [-0.2, -0.15) is 0 Å². The minimum absolute atomic E-state index is 0.109. The number of aromatic nitrogens is 3. The summed E-state index contributed by atoms with van der Waals surface area (Å²) in [4.78, 5) is 35.9. The Morgan fingerprint density at radius 1 is 0.815 bits per heavy atom. The van der Waals surface area contributed by atoms with Crippen LogP contribution in [0.25, 0.3) is 0 Å². The molecule has 0 aliphatic heterocycles. The smallest absolute Gasteiger partial charge is 0.271 e. The van der Waals surface area contributed by atoms with E-state index < -0.39 is 5.91 Å². The maximum Gasteiger partial charge on any atom is 0.271 e. The number of anilines is 3. The van der Waals surface area contributed by atoms with E-state index in [2.05, 4.69) is 36.7 Å². The Balaban J connectivity index is 1.62. The van der Waals surface area contributed by atoms with E-state index in [1.807, 2.05) is 6.07 Å². The third-order valence-electron chi connectivity index (χ3n) is 3.43. The van der Waals surface area contributed by atoms with Crippen LogP contribution in [0.3, 0.4) is 0 Å². The van der Waals surface area contributed by atoms with E-state index in [0.29, 0.717) is 11.1 Å². The SMILES string of the molecule is Nc1c(NNC(=O)c2ccccc2)ncnc1NNC(=O)c1cccnc1. The van der Waals surface area contributed by atoms with Crippen molar-refractivity contribution in [2.75, 3.05) is 16.6 Å². The molecule has 10 nitrogen and oxygen atoms in total. The van der Waals surface area contributed by atoms with Crippen molar-refractivity contribution in [1.82, 2.24) is 25.8 Å². The van der Waals surface area contributed by atoms with E-state index in [9.17, 15) is 9.59 Å². The molecule has 2 aromatic heterocycles.